The lowest BCUT2D eigenvalue weighted by Crippen LogP contribution is -2.38. The van der Waals surface area contributed by atoms with Gasteiger partial charge in [0.25, 0.3) is 0 Å². The minimum absolute atomic E-state index is 0.000279. The number of carbonyl (C=O) groups excluding carboxylic acids is 6. The smallest absolute Gasteiger partial charge is 0.306 e. The number of aliphatic hydroxyl groups excluding tert-OH is 4. The Morgan fingerprint density at radius 2 is 0.421 bits per heavy atom. The van der Waals surface area contributed by atoms with Crippen LogP contribution in [-0.2, 0) is 57.2 Å². The van der Waals surface area contributed by atoms with Gasteiger partial charge in [0.05, 0.1) is 46.2 Å². The van der Waals surface area contributed by atoms with E-state index < -0.39 is 5.60 Å². The summed E-state index contributed by atoms with van der Waals surface area (Å²) in [5.41, 5.74) is -0.395. The molecule has 0 aromatic heterocycles. The van der Waals surface area contributed by atoms with Crippen LogP contribution in [0.15, 0.2) is 0 Å². The van der Waals surface area contributed by atoms with E-state index in [2.05, 4.69) is 68.1 Å². The largest absolute Gasteiger partial charge is 0.466 e. The summed E-state index contributed by atoms with van der Waals surface area (Å²) < 4.78 is 33.7. The number of ether oxygens (including phenoxy) is 6. The summed E-state index contributed by atoms with van der Waals surface area (Å²) in [6.07, 6.45) is 94.8. The molecule has 145 heavy (non-hydrogen) atoms. The molecule has 20 heteroatoms. The van der Waals surface area contributed by atoms with E-state index in [1.807, 2.05) is 20.8 Å². The van der Waals surface area contributed by atoms with Crippen LogP contribution in [0.1, 0.15) is 602 Å². The van der Waals surface area contributed by atoms with Crippen LogP contribution >= 0.6 is 0 Å². The third kappa shape index (κ3) is 102. The molecule has 2 fully saturated rings. The summed E-state index contributed by atoms with van der Waals surface area (Å²) in [6, 6.07) is 0. The zero-order valence-corrected chi connectivity index (χ0v) is 97.6. The first-order valence-corrected chi connectivity index (χ1v) is 63.2. The van der Waals surface area contributed by atoms with Gasteiger partial charge in [-0.3, -0.25) is 38.6 Å². The van der Waals surface area contributed by atoms with Crippen molar-refractivity contribution in [3.8, 4) is 0 Å². The molecule has 0 aliphatic heterocycles. The molecule has 0 saturated heterocycles. The molecule has 4 unspecified atom stereocenters. The molecule has 20 nitrogen and oxygen atoms in total. The van der Waals surface area contributed by atoms with E-state index in [1.54, 1.807) is 0 Å². The molecule has 2 saturated carbocycles. The highest BCUT2D eigenvalue weighted by atomic mass is 16.6. The number of rotatable bonds is 111. The van der Waals surface area contributed by atoms with Crippen molar-refractivity contribution in [2.24, 2.45) is 23.7 Å². The lowest BCUT2D eigenvalue weighted by molar-refractivity contribution is -0.155. The van der Waals surface area contributed by atoms with Crippen molar-refractivity contribution in [3.05, 3.63) is 0 Å². The fraction of sp³-hybridized carbons (Fsp3) is 0.952. The summed E-state index contributed by atoms with van der Waals surface area (Å²) in [7, 11) is 0. The van der Waals surface area contributed by atoms with Gasteiger partial charge in [-0.15, -0.1) is 0 Å². The van der Waals surface area contributed by atoms with Crippen molar-refractivity contribution in [3.63, 3.8) is 0 Å². The van der Waals surface area contributed by atoms with Gasteiger partial charge in [-0.2, -0.15) is 0 Å². The van der Waals surface area contributed by atoms with Crippen molar-refractivity contribution in [2.45, 2.75) is 620 Å². The van der Waals surface area contributed by atoms with E-state index in [0.717, 1.165) is 314 Å². The fourth-order valence-electron chi connectivity index (χ4n) is 20.4. The van der Waals surface area contributed by atoms with Gasteiger partial charge < -0.3 is 58.6 Å². The highest BCUT2D eigenvalue weighted by Gasteiger charge is 2.39. The van der Waals surface area contributed by atoms with Crippen LogP contribution in [-0.4, -0.2) is 218 Å². The van der Waals surface area contributed by atoms with Crippen molar-refractivity contribution in [2.75, 3.05) is 125 Å². The standard InChI is InChI=1S/C48H96N2O6.C46H87NO5.C31H61NO5/c1-4-7-10-13-16-25-32-45-55-47(53)35-28-21-17-23-30-37-49(41-43-51)39-40-50(42-44-52)38-31-24-18-22-29-36-48(54)56-46(33-26-19-14-11-8-5-2)34-27-20-15-12-9-6-3;1-4-7-10-11-12-19-24-37-51-45(49)27-20-15-13-17-22-33-47(35-36-48)34-23-18-14-16-21-28-46(50)52-44(31-29-42-38-40(42)25-8-5-2)32-30-43-39-41(43)26-9-6-3;1-5-6-7-8-9-16-21-28-36-29(34)22-17-12-10-14-19-24-32(26-27-33)25-20-15-11-13-18-23-30(35)37-31(2,3)4/h46,51-52H,4-45H2,1-3H3;40-44,48H,4-39H2,1-3H3;33H,5-28H2,1-4H3. The van der Waals surface area contributed by atoms with E-state index in [4.69, 9.17) is 28.4 Å². The number of unbranched alkanes of at least 4 members (excludes halogenated alkanes) is 54. The van der Waals surface area contributed by atoms with Gasteiger partial charge in [0.2, 0.25) is 0 Å². The number of esters is 6. The van der Waals surface area contributed by atoms with E-state index in [9.17, 15) is 49.2 Å². The Balaban J connectivity index is 0.00000219. The molecule has 4 N–H and O–H groups in total. The maximum absolute atomic E-state index is 12.9. The first-order chi connectivity index (χ1) is 70.8. The Hall–Kier alpha value is -3.50. The van der Waals surface area contributed by atoms with Gasteiger partial charge in [0.15, 0.2) is 0 Å². The molecule has 2 aliphatic rings. The Morgan fingerprint density at radius 1 is 0.221 bits per heavy atom. The minimum Gasteiger partial charge on any atom is -0.466 e. The molecule has 0 aromatic rings. The maximum Gasteiger partial charge on any atom is 0.306 e. The van der Waals surface area contributed by atoms with Gasteiger partial charge in [-0.25, -0.2) is 0 Å². The normalized spacial score (nSPS) is 14.7. The van der Waals surface area contributed by atoms with Crippen molar-refractivity contribution >= 4 is 35.8 Å². The molecule has 860 valence electrons. The van der Waals surface area contributed by atoms with E-state index >= 15 is 0 Å². The third-order valence-electron chi connectivity index (χ3n) is 30.1. The first kappa shape index (κ1) is 142. The number of carbonyl (C=O) groups is 6. The number of hydrogen-bond acceptors (Lipinski definition) is 20. The van der Waals surface area contributed by atoms with Crippen molar-refractivity contribution in [1.82, 2.24) is 19.6 Å². The molecule has 4 atom stereocenters. The monoisotopic (exact) mass is 2060 g/mol. The molecule has 2 rings (SSSR count). The van der Waals surface area contributed by atoms with E-state index in [1.165, 1.54) is 270 Å². The fourth-order valence-corrected chi connectivity index (χ4v) is 20.4. The second-order valence-electron chi connectivity index (χ2n) is 45.3. The second-order valence-corrected chi connectivity index (χ2v) is 45.3. The van der Waals surface area contributed by atoms with Gasteiger partial charge in [0, 0.05) is 77.8 Å². The Bertz CT molecular complexity index is 2720. The lowest BCUT2D eigenvalue weighted by Gasteiger charge is -2.27. The number of aliphatic hydroxyl groups is 4. The molecule has 2 aliphatic carbocycles. The highest BCUT2D eigenvalue weighted by Crippen LogP contribution is 2.48. The van der Waals surface area contributed by atoms with Gasteiger partial charge >= 0.3 is 35.8 Å². The predicted octanol–water partition coefficient (Wildman–Crippen LogP) is 31.9. The van der Waals surface area contributed by atoms with E-state index in [0.29, 0.717) is 71.4 Å². The maximum atomic E-state index is 12.9. The summed E-state index contributed by atoms with van der Waals surface area (Å²) in [4.78, 5) is 82.7. The Kier molecular flexibility index (Phi) is 106. The van der Waals surface area contributed by atoms with Crippen LogP contribution in [0.5, 0.6) is 0 Å². The first-order valence-electron chi connectivity index (χ1n) is 63.2. The summed E-state index contributed by atoms with van der Waals surface area (Å²) >= 11 is 0. The minimum atomic E-state index is -0.395. The number of hydrogen-bond donors (Lipinski definition) is 4. The van der Waals surface area contributed by atoms with Crippen LogP contribution in [0.3, 0.4) is 0 Å². The quantitative estimate of drug-likeness (QED) is 0.0251. The third-order valence-corrected chi connectivity index (χ3v) is 30.1. The van der Waals surface area contributed by atoms with Crippen LogP contribution in [0.2, 0.25) is 0 Å². The predicted molar refractivity (Wildman–Crippen MR) is 609 cm³/mol. The Morgan fingerprint density at radius 3 is 0.669 bits per heavy atom. The van der Waals surface area contributed by atoms with Crippen LogP contribution in [0.4, 0.5) is 0 Å². The average Bonchev–Trinajstić information content (AvgIpc) is 1.70. The molecular formula is C125H244N4O16. The Labute approximate surface area is 896 Å². The van der Waals surface area contributed by atoms with Gasteiger partial charge in [-0.1, -0.05) is 382 Å². The zero-order valence-electron chi connectivity index (χ0n) is 97.6. The van der Waals surface area contributed by atoms with Crippen molar-refractivity contribution in [1.29, 1.82) is 0 Å². The SMILES string of the molecule is CCCCCCCCCOC(=O)CCCCCCCN(CCO)CCCCCCCC(=O)OC(C)(C)C.CCCCCCCCCOC(=O)CCCCCCCN(CCO)CCCCCCCC(=O)OC(CCC1CC1CCCC)CCC1CC1CCCC.CCCCCCCCCOC(=O)CCCCCCCN(CCO)CCN(CCO)CCCCCCCC(=O)OC(CCCCCCCC)CCCCCCCC. The molecule has 0 aromatic carbocycles. The van der Waals surface area contributed by atoms with Crippen molar-refractivity contribution < 1.29 is 77.6 Å². The topological polar surface area (TPSA) is 252 Å². The van der Waals surface area contributed by atoms with Gasteiger partial charge in [-0.05, 0) is 244 Å². The average molecular weight is 2060 g/mol. The van der Waals surface area contributed by atoms with Gasteiger partial charge in [0.1, 0.15) is 17.8 Å². The molecular weight excluding hydrogens is 1810 g/mol. The summed E-state index contributed by atoms with van der Waals surface area (Å²) in [5, 5.41) is 38.3. The lowest BCUT2D eigenvalue weighted by atomic mass is 10.0. The summed E-state index contributed by atoms with van der Waals surface area (Å²) in [6.45, 7) is 34.7. The zero-order chi connectivity index (χ0) is 106. The molecule has 0 amide bonds. The highest BCUT2D eigenvalue weighted by molar-refractivity contribution is 5.71. The van der Waals surface area contributed by atoms with Crippen LogP contribution in [0.25, 0.3) is 0 Å². The summed E-state index contributed by atoms with van der Waals surface area (Å²) in [5.74, 6) is 3.48. The molecule has 0 heterocycles. The van der Waals surface area contributed by atoms with E-state index in [-0.39, 0.29) is 74.5 Å². The molecule has 0 bridgehead atoms. The second kappa shape index (κ2) is 109. The van der Waals surface area contributed by atoms with Crippen LogP contribution < -0.4 is 0 Å². The van der Waals surface area contributed by atoms with Crippen LogP contribution in [0, 0.1) is 23.7 Å². The molecule has 0 spiro atoms. The number of nitrogens with zero attached hydrogens (tertiary/aromatic N) is 4. The molecule has 0 radical (unpaired) electrons.